The minimum Gasteiger partial charge on any atom is -0.274 e. The van der Waals surface area contributed by atoms with Gasteiger partial charge in [0.05, 0.1) is 18.0 Å². The van der Waals surface area contributed by atoms with Crippen molar-refractivity contribution in [2.75, 3.05) is 0 Å². The second kappa shape index (κ2) is 4.59. The molecule has 0 radical (unpaired) electrons. The number of carbonyl (C=O) groups excluding carboxylic acids is 1. The summed E-state index contributed by atoms with van der Waals surface area (Å²) in [5, 5.41) is 0. The van der Waals surface area contributed by atoms with Gasteiger partial charge in [0.1, 0.15) is 5.82 Å². The topological polar surface area (TPSA) is 54.5 Å². The van der Waals surface area contributed by atoms with Crippen LogP contribution in [0.3, 0.4) is 0 Å². The van der Waals surface area contributed by atoms with Crippen molar-refractivity contribution < 1.29 is 30.8 Å². The number of halogens is 5. The van der Waals surface area contributed by atoms with Crippen LogP contribution in [0, 0.1) is 5.82 Å². The van der Waals surface area contributed by atoms with Gasteiger partial charge in [0.2, 0.25) is 5.91 Å². The molecule has 1 heterocycles. The number of alkyl halides is 3. The molecule has 0 aliphatic carbocycles. The maximum Gasteiger partial charge on any atom is 0.419 e. The summed E-state index contributed by atoms with van der Waals surface area (Å²) in [6.45, 7) is 0. The molecule has 20 heavy (non-hydrogen) atoms. The lowest BCUT2D eigenvalue weighted by molar-refractivity contribution is -0.140. The molecular weight excluding hydrogens is 326 g/mol. The van der Waals surface area contributed by atoms with Gasteiger partial charge in [-0.1, -0.05) is 6.07 Å². The summed E-state index contributed by atoms with van der Waals surface area (Å²) in [5.41, 5.74) is -1.68. The van der Waals surface area contributed by atoms with E-state index in [9.17, 15) is 30.8 Å². The van der Waals surface area contributed by atoms with Crippen LogP contribution in [-0.4, -0.2) is 18.6 Å². The van der Waals surface area contributed by atoms with E-state index in [1.54, 1.807) is 0 Å². The number of carbonyl (C=O) groups is 1. The fraction of sp³-hybridized carbons (Fsp3) is 0.300. The SMILES string of the molecule is O=C1CC(c2ccc(F)c(C(F)(F)F)c2)N1S(=O)(=O)Cl. The maximum atomic E-state index is 13.1. The van der Waals surface area contributed by atoms with Gasteiger partial charge in [0.15, 0.2) is 0 Å². The fourth-order valence-electron chi connectivity index (χ4n) is 1.89. The smallest absolute Gasteiger partial charge is 0.274 e. The summed E-state index contributed by atoms with van der Waals surface area (Å²) in [6.07, 6.45) is -5.23. The van der Waals surface area contributed by atoms with Crippen molar-refractivity contribution in [3.05, 3.63) is 35.1 Å². The molecule has 1 aliphatic rings. The van der Waals surface area contributed by atoms with Crippen molar-refractivity contribution in [3.8, 4) is 0 Å². The summed E-state index contributed by atoms with van der Waals surface area (Å²) in [5.74, 6) is -2.31. The van der Waals surface area contributed by atoms with Crippen LogP contribution >= 0.6 is 10.7 Å². The number of hydrogen-bond acceptors (Lipinski definition) is 3. The van der Waals surface area contributed by atoms with Crippen LogP contribution in [0.15, 0.2) is 18.2 Å². The molecule has 0 saturated carbocycles. The Morgan fingerprint density at radius 2 is 1.90 bits per heavy atom. The Balaban J connectivity index is 2.43. The van der Waals surface area contributed by atoms with Gasteiger partial charge >= 0.3 is 15.4 Å². The Bertz CT molecular complexity index is 674. The molecule has 110 valence electrons. The number of benzene rings is 1. The minimum atomic E-state index is -4.92. The number of rotatable bonds is 2. The molecule has 0 N–H and O–H groups in total. The van der Waals surface area contributed by atoms with Crippen LogP contribution in [0.4, 0.5) is 17.6 Å². The first kappa shape index (κ1) is 15.0. The highest BCUT2D eigenvalue weighted by Crippen LogP contribution is 2.40. The molecule has 1 aliphatic heterocycles. The number of β-lactam (4-membered cyclic amide) rings is 1. The number of amides is 1. The van der Waals surface area contributed by atoms with E-state index in [4.69, 9.17) is 10.7 Å². The molecule has 1 fully saturated rings. The number of nitrogens with zero attached hydrogens (tertiary/aromatic N) is 1. The van der Waals surface area contributed by atoms with Crippen LogP contribution in [0.5, 0.6) is 0 Å². The molecule has 1 amide bonds. The molecule has 0 bridgehead atoms. The van der Waals surface area contributed by atoms with Crippen LogP contribution in [0.25, 0.3) is 0 Å². The zero-order valence-corrected chi connectivity index (χ0v) is 11.1. The third-order valence-electron chi connectivity index (χ3n) is 2.81. The third-order valence-corrected chi connectivity index (χ3v) is 4.19. The highest BCUT2D eigenvalue weighted by molar-refractivity contribution is 8.12. The minimum absolute atomic E-state index is 0.150. The molecular formula is C10H6ClF4NO3S. The van der Waals surface area contributed by atoms with Gasteiger partial charge in [-0.3, -0.25) is 4.79 Å². The van der Waals surface area contributed by atoms with Gasteiger partial charge < -0.3 is 0 Å². The van der Waals surface area contributed by atoms with E-state index in [0.29, 0.717) is 12.1 Å². The number of hydrogen-bond donors (Lipinski definition) is 0. The monoisotopic (exact) mass is 331 g/mol. The lowest BCUT2D eigenvalue weighted by atomic mass is 9.95. The lowest BCUT2D eigenvalue weighted by Gasteiger charge is -2.37. The highest BCUT2D eigenvalue weighted by atomic mass is 35.7. The molecule has 0 aromatic heterocycles. The molecule has 1 atom stereocenters. The van der Waals surface area contributed by atoms with E-state index in [1.165, 1.54) is 0 Å². The lowest BCUT2D eigenvalue weighted by Crippen LogP contribution is -2.48. The fourth-order valence-corrected chi connectivity index (χ4v) is 3.23. The molecule has 1 unspecified atom stereocenters. The zero-order chi connectivity index (χ0) is 15.3. The first-order chi connectivity index (χ1) is 9.01. The summed E-state index contributed by atoms with van der Waals surface area (Å²) < 4.78 is 73.3. The molecule has 4 nitrogen and oxygen atoms in total. The predicted molar refractivity (Wildman–Crippen MR) is 60.4 cm³/mol. The van der Waals surface area contributed by atoms with Gasteiger partial charge in [-0.15, -0.1) is 0 Å². The van der Waals surface area contributed by atoms with Crippen molar-refractivity contribution in [1.82, 2.24) is 4.31 Å². The van der Waals surface area contributed by atoms with E-state index >= 15 is 0 Å². The molecule has 10 heteroatoms. The Hall–Kier alpha value is -1.35. The van der Waals surface area contributed by atoms with Gasteiger partial charge in [-0.2, -0.15) is 21.6 Å². The van der Waals surface area contributed by atoms with Crippen molar-refractivity contribution in [3.63, 3.8) is 0 Å². The van der Waals surface area contributed by atoms with E-state index < -0.39 is 38.7 Å². The quantitative estimate of drug-likeness (QED) is 0.475. The van der Waals surface area contributed by atoms with Crippen LogP contribution < -0.4 is 0 Å². The van der Waals surface area contributed by atoms with E-state index in [0.717, 1.165) is 6.07 Å². The second-order valence-electron chi connectivity index (χ2n) is 4.09. The Labute approximate surface area is 115 Å². The van der Waals surface area contributed by atoms with Gasteiger partial charge in [-0.25, -0.2) is 8.70 Å². The Morgan fingerprint density at radius 1 is 1.30 bits per heavy atom. The van der Waals surface area contributed by atoms with Crippen LogP contribution in [0.2, 0.25) is 0 Å². The van der Waals surface area contributed by atoms with Crippen molar-refractivity contribution >= 4 is 25.8 Å². The normalized spacial score (nSPS) is 19.9. The summed E-state index contributed by atoms with van der Waals surface area (Å²) >= 11 is 0. The van der Waals surface area contributed by atoms with Gasteiger partial charge in [0, 0.05) is 10.7 Å². The molecule has 1 aromatic rings. The molecule has 1 saturated heterocycles. The van der Waals surface area contributed by atoms with Crippen LogP contribution in [-0.2, 0) is 20.2 Å². The molecule has 2 rings (SSSR count). The van der Waals surface area contributed by atoms with Crippen molar-refractivity contribution in [1.29, 1.82) is 0 Å². The molecule has 1 aromatic carbocycles. The summed E-state index contributed by atoms with van der Waals surface area (Å²) in [7, 11) is 0.626. The highest BCUT2D eigenvalue weighted by Gasteiger charge is 2.45. The zero-order valence-electron chi connectivity index (χ0n) is 9.49. The average molecular weight is 332 g/mol. The van der Waals surface area contributed by atoms with Crippen molar-refractivity contribution in [2.45, 2.75) is 18.6 Å². The average Bonchev–Trinajstić information content (AvgIpc) is 2.22. The van der Waals surface area contributed by atoms with Crippen LogP contribution in [0.1, 0.15) is 23.6 Å². The standard InChI is InChI=1S/C10H6ClF4NO3S/c11-20(18,19)16-8(4-9(16)17)5-1-2-7(12)6(3-5)10(13,14)15/h1-3,8H,4H2. The van der Waals surface area contributed by atoms with E-state index in [1.807, 2.05) is 0 Å². The van der Waals surface area contributed by atoms with E-state index in [-0.39, 0.29) is 16.3 Å². The Morgan fingerprint density at radius 3 is 2.35 bits per heavy atom. The second-order valence-corrected chi connectivity index (χ2v) is 6.48. The van der Waals surface area contributed by atoms with Gasteiger partial charge in [-0.05, 0) is 17.7 Å². The van der Waals surface area contributed by atoms with Gasteiger partial charge in [0.25, 0.3) is 0 Å². The third kappa shape index (κ3) is 2.59. The first-order valence-electron chi connectivity index (χ1n) is 5.15. The van der Waals surface area contributed by atoms with Crippen molar-refractivity contribution in [2.24, 2.45) is 0 Å². The first-order valence-corrected chi connectivity index (χ1v) is 7.42. The van der Waals surface area contributed by atoms with E-state index in [2.05, 4.69) is 0 Å². The Kier molecular flexibility index (Phi) is 3.45. The summed E-state index contributed by atoms with van der Waals surface area (Å²) in [4.78, 5) is 11.2. The maximum absolute atomic E-state index is 13.1. The predicted octanol–water partition coefficient (Wildman–Crippen LogP) is 2.60. The molecule has 0 spiro atoms. The summed E-state index contributed by atoms with van der Waals surface area (Å²) in [6, 6.07) is 0.879. The largest absolute Gasteiger partial charge is 0.419 e.